The quantitative estimate of drug-likeness (QED) is 0.892. The number of carboxylic acid groups (broad SMARTS) is 1. The highest BCUT2D eigenvalue weighted by atomic mass is 16.5. The van der Waals surface area contributed by atoms with Crippen LogP contribution >= 0.6 is 0 Å². The third-order valence-electron chi connectivity index (χ3n) is 2.56. The van der Waals surface area contributed by atoms with Gasteiger partial charge in [0.05, 0.1) is 8.66 Å². The van der Waals surface area contributed by atoms with Crippen molar-refractivity contribution >= 4 is 5.97 Å². The first-order valence-corrected chi connectivity index (χ1v) is 5.55. The molecule has 0 aliphatic carbocycles. The first-order chi connectivity index (χ1) is 9.47. The molecule has 0 aliphatic rings. The van der Waals surface area contributed by atoms with Crippen LogP contribution < -0.4 is 4.74 Å². The molecule has 0 saturated heterocycles. The fourth-order valence-corrected chi connectivity index (χ4v) is 1.49. The summed E-state index contributed by atoms with van der Waals surface area (Å²) in [6.45, 7) is 1.54. The largest absolute Gasteiger partial charge is 0.481 e. The van der Waals surface area contributed by atoms with E-state index >= 15 is 0 Å². The molecule has 92 valence electrons. The second-order valence-corrected chi connectivity index (χ2v) is 3.88. The monoisotopic (exact) mass is 244 g/mol. The average molecular weight is 244 g/mol. The van der Waals surface area contributed by atoms with Crippen LogP contribution in [0.2, 0.25) is 0 Å². The Morgan fingerprint density at radius 1 is 1.28 bits per heavy atom. The molecule has 0 aromatic heterocycles. The molecule has 0 bridgehead atoms. The molecule has 0 amide bonds. The molecule has 3 nitrogen and oxygen atoms in total. The minimum absolute atomic E-state index is 0.175. The molecule has 1 N–H and O–H groups in total. The Hall–Kier alpha value is -2.29. The van der Waals surface area contributed by atoms with Crippen LogP contribution in [0.3, 0.4) is 0 Å². The number of carbonyl (C=O) groups is 1. The summed E-state index contributed by atoms with van der Waals surface area (Å²) in [7, 11) is 0. The Labute approximate surface area is 108 Å². The maximum atomic E-state index is 11.0. The first-order valence-electron chi connectivity index (χ1n) is 6.55. The van der Waals surface area contributed by atoms with Crippen molar-refractivity contribution in [3.63, 3.8) is 0 Å². The minimum Gasteiger partial charge on any atom is -0.481 e. The number of rotatable bonds is 4. The van der Waals surface area contributed by atoms with Gasteiger partial charge in [0.25, 0.3) is 0 Å². The fourth-order valence-electron chi connectivity index (χ4n) is 1.49. The van der Waals surface area contributed by atoms with Gasteiger partial charge >= 0.3 is 5.97 Å². The van der Waals surface area contributed by atoms with Crippen LogP contribution in [0.25, 0.3) is 0 Å². The molecular formula is C15H14O3. The van der Waals surface area contributed by atoms with Gasteiger partial charge in [-0.25, -0.2) is 0 Å². The standard InChI is InChI=1S/C15H14O3/c1-11(15(16)17)12-6-5-9-14(10-12)18-13-7-3-2-4-8-13/h2-11H,1H3,(H,16,17)/i2D,6D. The Morgan fingerprint density at radius 3 is 2.61 bits per heavy atom. The third kappa shape index (κ3) is 2.88. The molecule has 0 aliphatic heterocycles. The van der Waals surface area contributed by atoms with Crippen molar-refractivity contribution in [2.45, 2.75) is 12.8 Å². The second kappa shape index (κ2) is 5.36. The number of hydrogen-bond acceptors (Lipinski definition) is 2. The van der Waals surface area contributed by atoms with Crippen molar-refractivity contribution in [3.05, 3.63) is 60.1 Å². The molecule has 1 atom stereocenters. The average Bonchev–Trinajstić information content (AvgIpc) is 2.42. The Morgan fingerprint density at radius 2 is 1.94 bits per heavy atom. The summed E-state index contributed by atoms with van der Waals surface area (Å²) in [4.78, 5) is 11.0. The van der Waals surface area contributed by atoms with Gasteiger partial charge in [-0.15, -0.1) is 0 Å². The highest BCUT2D eigenvalue weighted by Crippen LogP contribution is 2.25. The molecule has 2 rings (SSSR count). The molecule has 2 aromatic rings. The lowest BCUT2D eigenvalue weighted by Gasteiger charge is -2.10. The van der Waals surface area contributed by atoms with E-state index in [0.29, 0.717) is 23.1 Å². The number of ether oxygens (including phenoxy) is 1. The molecular weight excluding hydrogens is 228 g/mol. The number of para-hydroxylation sites is 1. The van der Waals surface area contributed by atoms with E-state index in [2.05, 4.69) is 0 Å². The lowest BCUT2D eigenvalue weighted by atomic mass is 10.0. The zero-order chi connectivity index (χ0) is 14.7. The van der Waals surface area contributed by atoms with Crippen molar-refractivity contribution in [2.24, 2.45) is 0 Å². The lowest BCUT2D eigenvalue weighted by molar-refractivity contribution is -0.138. The Balaban J connectivity index is 2.27. The van der Waals surface area contributed by atoms with E-state index < -0.39 is 11.9 Å². The van der Waals surface area contributed by atoms with E-state index in [-0.39, 0.29) is 6.04 Å². The number of carboxylic acids is 1. The van der Waals surface area contributed by atoms with Crippen LogP contribution in [0.1, 0.15) is 21.1 Å². The molecule has 0 spiro atoms. The SMILES string of the molecule is [2H]c1ccc(Oc2ccc([2H])c(C(C)C(=O)O)c2)cc1. The summed E-state index contributed by atoms with van der Waals surface area (Å²) < 4.78 is 20.7. The lowest BCUT2D eigenvalue weighted by Crippen LogP contribution is -2.07. The predicted molar refractivity (Wildman–Crippen MR) is 69.0 cm³/mol. The van der Waals surface area contributed by atoms with Crippen molar-refractivity contribution in [3.8, 4) is 11.5 Å². The van der Waals surface area contributed by atoms with Crippen LogP contribution in [0.4, 0.5) is 0 Å². The molecule has 0 saturated carbocycles. The van der Waals surface area contributed by atoms with Crippen LogP contribution in [0.5, 0.6) is 11.5 Å². The van der Waals surface area contributed by atoms with E-state index in [9.17, 15) is 4.79 Å². The summed E-state index contributed by atoms with van der Waals surface area (Å²) in [6, 6.07) is 11.8. The van der Waals surface area contributed by atoms with Crippen molar-refractivity contribution < 1.29 is 17.4 Å². The van der Waals surface area contributed by atoms with Gasteiger partial charge in [0.15, 0.2) is 0 Å². The minimum atomic E-state index is -0.978. The van der Waals surface area contributed by atoms with Crippen LogP contribution in [-0.4, -0.2) is 11.1 Å². The van der Waals surface area contributed by atoms with Gasteiger partial charge in [0, 0.05) is 0 Å². The van der Waals surface area contributed by atoms with Gasteiger partial charge in [0.2, 0.25) is 0 Å². The van der Waals surface area contributed by atoms with Gasteiger partial charge in [-0.3, -0.25) is 4.79 Å². The highest BCUT2D eigenvalue weighted by molar-refractivity contribution is 5.75. The summed E-state index contributed by atoms with van der Waals surface area (Å²) in [5.41, 5.74) is 0.409. The third-order valence-corrected chi connectivity index (χ3v) is 2.56. The predicted octanol–water partition coefficient (Wildman–Crippen LogP) is 3.67. The Bertz CT molecular complexity index is 624. The van der Waals surface area contributed by atoms with Gasteiger partial charge in [-0.1, -0.05) is 30.3 Å². The summed E-state index contributed by atoms with van der Waals surface area (Å²) in [6.07, 6.45) is 0. The van der Waals surface area contributed by atoms with Crippen LogP contribution in [-0.2, 0) is 4.79 Å². The number of aliphatic carboxylic acids is 1. The normalized spacial score (nSPS) is 13.4. The first kappa shape index (κ1) is 9.71. The number of hydrogen-bond donors (Lipinski definition) is 1. The molecule has 0 radical (unpaired) electrons. The second-order valence-electron chi connectivity index (χ2n) is 3.88. The van der Waals surface area contributed by atoms with E-state index in [4.69, 9.17) is 12.6 Å². The molecule has 1 unspecified atom stereocenters. The molecule has 0 fully saturated rings. The van der Waals surface area contributed by atoms with Crippen LogP contribution in [0, 0.1) is 0 Å². The molecule has 0 heterocycles. The molecule has 2 aromatic carbocycles. The highest BCUT2D eigenvalue weighted by Gasteiger charge is 2.13. The molecule has 18 heavy (non-hydrogen) atoms. The maximum Gasteiger partial charge on any atom is 0.310 e. The molecule has 3 heteroatoms. The zero-order valence-electron chi connectivity index (χ0n) is 11.9. The van der Waals surface area contributed by atoms with Gasteiger partial charge in [-0.05, 0) is 36.8 Å². The zero-order valence-corrected chi connectivity index (χ0v) is 9.88. The van der Waals surface area contributed by atoms with Gasteiger partial charge < -0.3 is 9.84 Å². The smallest absolute Gasteiger partial charge is 0.310 e. The van der Waals surface area contributed by atoms with E-state index in [1.165, 1.54) is 13.0 Å². The van der Waals surface area contributed by atoms with Crippen molar-refractivity contribution in [1.82, 2.24) is 0 Å². The fraction of sp³-hybridized carbons (Fsp3) is 0.133. The van der Waals surface area contributed by atoms with Gasteiger partial charge in [-0.2, -0.15) is 0 Å². The van der Waals surface area contributed by atoms with E-state index in [1.807, 2.05) is 0 Å². The van der Waals surface area contributed by atoms with Crippen molar-refractivity contribution in [2.75, 3.05) is 0 Å². The van der Waals surface area contributed by atoms with E-state index in [0.717, 1.165) is 0 Å². The summed E-state index contributed by atoms with van der Waals surface area (Å²) >= 11 is 0. The maximum absolute atomic E-state index is 11.0. The van der Waals surface area contributed by atoms with E-state index in [1.54, 1.807) is 36.4 Å². The number of benzene rings is 2. The van der Waals surface area contributed by atoms with Crippen molar-refractivity contribution in [1.29, 1.82) is 0 Å². The Kier molecular flexibility index (Phi) is 2.89. The topological polar surface area (TPSA) is 46.5 Å². The van der Waals surface area contributed by atoms with Crippen LogP contribution in [0.15, 0.2) is 54.5 Å². The van der Waals surface area contributed by atoms with Gasteiger partial charge in [0.1, 0.15) is 11.5 Å². The summed E-state index contributed by atoms with van der Waals surface area (Å²) in [5.74, 6) is -0.703. The summed E-state index contributed by atoms with van der Waals surface area (Å²) in [5, 5.41) is 9.03.